The monoisotopic (exact) mass is 2360 g/mol. The minimum atomic E-state index is -10.2. The first kappa shape index (κ1) is 31.9. The molecule has 42 heteroatoms. The second-order valence-corrected chi connectivity index (χ2v) is 139. The zero-order valence-corrected chi connectivity index (χ0v) is 46.6. The van der Waals surface area contributed by atoms with Crippen LogP contribution >= 0.6 is 0 Å². The van der Waals surface area contributed by atoms with E-state index in [1.54, 1.807) is 0 Å². The molecule has 12 heterocycles. The maximum absolute atomic E-state index is 13.9. The molecule has 12 aliphatic heterocycles. The summed E-state index contributed by atoms with van der Waals surface area (Å²) in [5, 5.41) is 0. The molecule has 256 valence electrons. The van der Waals surface area contributed by atoms with Crippen molar-refractivity contribution in [3.8, 4) is 0 Å². The van der Waals surface area contributed by atoms with Gasteiger partial charge in [-0.25, -0.2) is 0 Å². The second-order valence-electron chi connectivity index (χ2n) is 8.13. The summed E-state index contributed by atoms with van der Waals surface area (Å²) in [6.45, 7) is 0. The second kappa shape index (κ2) is 5.85. The van der Waals surface area contributed by atoms with Gasteiger partial charge in [-0.1, -0.05) is 0 Å². The fourth-order valence-electron chi connectivity index (χ4n) is 3.81. The Bertz CT molecular complexity index is 2040. The zero-order chi connectivity index (χ0) is 31.2. The Hall–Kier alpha value is 4.00. The fraction of sp³-hybridized carbons (Fsp3) is 0. The Morgan fingerprint density at radius 3 is 0.476 bits per heavy atom. The molecule has 42 heavy (non-hydrogen) atoms. The topological polar surface area (TPSA) is 418 Å². The molecule has 12 aliphatic rings. The van der Waals surface area contributed by atoms with Crippen LogP contribution < -0.4 is 0 Å². The fourth-order valence-corrected chi connectivity index (χ4v) is 485. The molecule has 12 rings (SSSR count). The van der Waals surface area contributed by atoms with E-state index < -0.39 is 163 Å². The van der Waals surface area contributed by atoms with Gasteiger partial charge in [-0.15, -0.1) is 0 Å². The van der Waals surface area contributed by atoms with Crippen molar-refractivity contribution in [3.05, 3.63) is 0 Å². The summed E-state index contributed by atoms with van der Waals surface area (Å²) in [5.41, 5.74) is 0. The zero-order valence-electron chi connectivity index (χ0n) is 17.3. The predicted octanol–water partition coefficient (Wildman–Crippen LogP) is -4.67. The van der Waals surface area contributed by atoms with Crippen LogP contribution in [0.5, 0.6) is 0 Å². The molecule has 12 saturated heterocycles. The third-order valence-corrected chi connectivity index (χ3v) is 270. The Balaban J connectivity index is 1.52. The van der Waals surface area contributed by atoms with E-state index in [-0.39, 0.29) is 0 Å². The standard InChI is InChI=1S/4H2O.28O.10W/h4*1H2;;;;;;;;;;;;;;;;;;;;;;;;;;;;;;;;;;;;;;/q;;;;;;;;;;;;;;;;;;;;;;;;;;;;;;;;;;;;;;4*+1/p-4. The van der Waals surface area contributed by atoms with Gasteiger partial charge in [0, 0.05) is 0 Å². The van der Waals surface area contributed by atoms with Crippen molar-refractivity contribution in [3.63, 3.8) is 0 Å². The summed E-state index contributed by atoms with van der Waals surface area (Å²) in [6.07, 6.45) is 0. The van der Waals surface area contributed by atoms with Gasteiger partial charge in [-0.05, 0) is 0 Å². The first-order chi connectivity index (χ1) is 17.6. The first-order valence-electron chi connectivity index (χ1n) is 8.40. The van der Waals surface area contributed by atoms with Crippen LogP contribution in [0.4, 0.5) is 0 Å². The van der Waals surface area contributed by atoms with E-state index in [0.717, 1.165) is 0 Å². The van der Waals surface area contributed by atoms with Crippen LogP contribution in [0.1, 0.15) is 0 Å². The first-order valence-corrected chi connectivity index (χ1v) is 68.7. The van der Waals surface area contributed by atoms with Crippen LogP contribution in [0.2, 0.25) is 0 Å². The molecule has 2 spiro atoms. The molecule has 0 unspecified atom stereocenters. The third kappa shape index (κ3) is 3.71. The third-order valence-electron chi connectivity index (χ3n) is 4.03. The summed E-state index contributed by atoms with van der Waals surface area (Å²) in [6, 6.07) is 0. The summed E-state index contributed by atoms with van der Waals surface area (Å²) in [4.78, 5) is 0. The molecule has 32 nitrogen and oxygen atoms in total. The molecule has 12 fully saturated rings. The van der Waals surface area contributed by atoms with E-state index in [4.69, 9.17) is 0 Å². The van der Waals surface area contributed by atoms with E-state index in [1.807, 2.05) is 0 Å². The maximum atomic E-state index is 13.9. The van der Waals surface area contributed by atoms with Gasteiger partial charge >= 0.3 is 249 Å². The van der Waals surface area contributed by atoms with Crippen LogP contribution in [0.15, 0.2) is 0 Å². The average Bonchev–Trinajstić information content (AvgIpc) is 2.29. The van der Waals surface area contributed by atoms with Crippen LogP contribution in [0.3, 0.4) is 0 Å². The molecular formula is H4O32W10. The van der Waals surface area contributed by atoms with Crippen LogP contribution in [-0.4, -0.2) is 15.0 Å². The molecule has 0 saturated carbocycles. The normalized spacial score (nSPS) is 58.7. The average molecular weight is 2350 g/mol. The molecular weight excluding hydrogens is 2350 g/mol. The van der Waals surface area contributed by atoms with Gasteiger partial charge in [0.05, 0.1) is 0 Å². The van der Waals surface area contributed by atoms with E-state index in [1.165, 1.54) is 0 Å². The van der Waals surface area contributed by atoms with Crippen LogP contribution in [0.25, 0.3) is 0 Å². The Morgan fingerprint density at radius 1 is 0.214 bits per heavy atom. The summed E-state index contributed by atoms with van der Waals surface area (Å²) in [5.74, 6) is 0. The van der Waals surface area contributed by atoms with Crippen molar-refractivity contribution in [1.82, 2.24) is 0 Å². The number of hydrogen-bond acceptors (Lipinski definition) is 28. The molecule has 0 aliphatic carbocycles. The van der Waals surface area contributed by atoms with Crippen LogP contribution in [0, 0.1) is 0 Å². The molecule has 0 amide bonds. The molecule has 0 aromatic carbocycles. The predicted molar refractivity (Wildman–Crippen MR) is 35.3 cm³/mol. The molecule has 4 N–H and O–H groups in total. The van der Waals surface area contributed by atoms with Crippen molar-refractivity contribution in [1.29, 1.82) is 0 Å². The van der Waals surface area contributed by atoms with Crippen molar-refractivity contribution in [2.24, 2.45) is 0 Å². The van der Waals surface area contributed by atoms with Gasteiger partial charge in [-0.2, -0.15) is 0 Å². The van der Waals surface area contributed by atoms with Crippen LogP contribution in [-0.2, 0) is 234 Å². The van der Waals surface area contributed by atoms with E-state index in [2.05, 4.69) is 36.8 Å². The number of rotatable bonds is 0. The summed E-state index contributed by atoms with van der Waals surface area (Å²) < 4.78 is 256. The van der Waals surface area contributed by atoms with Gasteiger partial charge in [0.1, 0.15) is 0 Å². The minimum absolute atomic E-state index is 3.84. The van der Waals surface area contributed by atoms with Gasteiger partial charge in [0.15, 0.2) is 0 Å². The van der Waals surface area contributed by atoms with Crippen molar-refractivity contribution >= 4 is 0 Å². The van der Waals surface area contributed by atoms with Gasteiger partial charge < -0.3 is 0 Å². The van der Waals surface area contributed by atoms with Crippen molar-refractivity contribution in [2.75, 3.05) is 0 Å². The molecule has 0 aromatic heterocycles. The van der Waals surface area contributed by atoms with E-state index in [9.17, 15) is 49.0 Å². The van der Waals surface area contributed by atoms with Gasteiger partial charge in [0.2, 0.25) is 0 Å². The van der Waals surface area contributed by atoms with Crippen molar-refractivity contribution in [2.45, 2.75) is 0 Å². The Labute approximate surface area is 243 Å². The van der Waals surface area contributed by atoms with E-state index >= 15 is 0 Å². The molecule has 0 atom stereocenters. The van der Waals surface area contributed by atoms with Gasteiger partial charge in [0.25, 0.3) is 0 Å². The quantitative estimate of drug-likeness (QED) is 0.177. The van der Waals surface area contributed by atoms with Crippen molar-refractivity contribution < 1.29 is 249 Å². The Morgan fingerprint density at radius 2 is 0.333 bits per heavy atom. The SMILES string of the molecule is [O]=[W]12([OH])[O][W]3(=[O])([OH])[O][W]4(=[O])([OH])[O][W](=[O])([OH])([O]1)[O][W]15(=[O])[O][W](=[O])([O]4)([O]1)[O][W]1(=[O])([O]5)[O][W]4(=[O])([O][W]5(=[O])([O]2)[O][W](=[O])([O]3)([O]5)[O]4)[O]1. The summed E-state index contributed by atoms with van der Waals surface area (Å²) in [7, 11) is 0. The van der Waals surface area contributed by atoms with Gasteiger partial charge in [-0.3, -0.25) is 0 Å². The Kier molecular flexibility index (Phi) is 4.45. The molecule has 8 bridgehead atoms. The summed E-state index contributed by atoms with van der Waals surface area (Å²) >= 11 is -95.7. The number of hydrogen-bond donors (Lipinski definition) is 4. The van der Waals surface area contributed by atoms with E-state index in [0.29, 0.717) is 0 Å². The molecule has 0 aromatic rings. The molecule has 0 radical (unpaired) electrons.